The smallest absolute Gasteiger partial charge is 0.272 e. The minimum atomic E-state index is -2.41. The summed E-state index contributed by atoms with van der Waals surface area (Å²) in [5.74, 6) is 0.479. The Morgan fingerprint density at radius 2 is 1.82 bits per heavy atom. The van der Waals surface area contributed by atoms with Gasteiger partial charge in [-0.1, -0.05) is 18.2 Å². The van der Waals surface area contributed by atoms with E-state index in [2.05, 4.69) is 0 Å². The predicted octanol–water partition coefficient (Wildman–Crippen LogP) is 2.33. The van der Waals surface area contributed by atoms with Gasteiger partial charge in [0.05, 0.1) is 0 Å². The van der Waals surface area contributed by atoms with Crippen LogP contribution in [0.25, 0.3) is 0 Å². The van der Waals surface area contributed by atoms with Gasteiger partial charge in [0.15, 0.2) is 0 Å². The summed E-state index contributed by atoms with van der Waals surface area (Å²) in [6, 6.07) is 8.56. The number of alkyl halides is 2. The lowest BCUT2D eigenvalue weighted by Gasteiger charge is -2.03. The van der Waals surface area contributed by atoms with Crippen molar-refractivity contribution in [3.8, 4) is 5.75 Å². The Labute approximate surface area is 63.6 Å². The molecular weight excluding hydrogens is 150 g/mol. The normalized spacial score (nSPS) is 10.1. The molecule has 0 bridgehead atoms. The zero-order chi connectivity index (χ0) is 8.10. The second-order valence-corrected chi connectivity index (χ2v) is 2.02. The number of para-hydroxylation sites is 1. The maximum atomic E-state index is 11.6. The number of halogens is 2. The molecule has 1 rings (SSSR count). The Morgan fingerprint density at radius 1 is 1.18 bits per heavy atom. The first-order valence-electron chi connectivity index (χ1n) is 3.25. The lowest BCUT2D eigenvalue weighted by atomic mass is 10.3. The number of ether oxygens (including phenoxy) is 1. The van der Waals surface area contributed by atoms with Crippen LogP contribution in [0.4, 0.5) is 8.78 Å². The Bertz CT molecular complexity index is 199. The van der Waals surface area contributed by atoms with Gasteiger partial charge in [0.25, 0.3) is 6.43 Å². The third kappa shape index (κ3) is 2.98. The molecular formula is C8H8F2O. The van der Waals surface area contributed by atoms with Crippen LogP contribution in [0.1, 0.15) is 0 Å². The van der Waals surface area contributed by atoms with E-state index < -0.39 is 13.0 Å². The van der Waals surface area contributed by atoms with Crippen LogP contribution >= 0.6 is 0 Å². The van der Waals surface area contributed by atoms with E-state index in [0.29, 0.717) is 5.75 Å². The summed E-state index contributed by atoms with van der Waals surface area (Å²) in [4.78, 5) is 0. The van der Waals surface area contributed by atoms with Crippen molar-refractivity contribution in [3.63, 3.8) is 0 Å². The predicted molar refractivity (Wildman–Crippen MR) is 37.9 cm³/mol. The lowest BCUT2D eigenvalue weighted by molar-refractivity contribution is 0.0819. The van der Waals surface area contributed by atoms with Crippen LogP contribution in [0.15, 0.2) is 30.3 Å². The first-order chi connectivity index (χ1) is 5.29. The molecule has 1 aromatic carbocycles. The van der Waals surface area contributed by atoms with Gasteiger partial charge in [0, 0.05) is 0 Å². The summed E-state index contributed by atoms with van der Waals surface area (Å²) < 4.78 is 27.9. The zero-order valence-corrected chi connectivity index (χ0v) is 5.84. The van der Waals surface area contributed by atoms with E-state index in [0.717, 1.165) is 0 Å². The summed E-state index contributed by atoms with van der Waals surface area (Å²) in [6.45, 7) is -0.538. The summed E-state index contributed by atoms with van der Waals surface area (Å²) in [6.07, 6.45) is -2.41. The molecule has 0 aliphatic rings. The van der Waals surface area contributed by atoms with Crippen molar-refractivity contribution >= 4 is 0 Å². The Morgan fingerprint density at radius 3 is 2.36 bits per heavy atom. The minimum absolute atomic E-state index is 0.479. The molecule has 0 atom stereocenters. The average molecular weight is 158 g/mol. The van der Waals surface area contributed by atoms with E-state index in [1.165, 1.54) is 0 Å². The van der Waals surface area contributed by atoms with Crippen LogP contribution in [-0.4, -0.2) is 13.0 Å². The van der Waals surface area contributed by atoms with Gasteiger partial charge in [-0.25, -0.2) is 8.78 Å². The average Bonchev–Trinajstić information content (AvgIpc) is 2.03. The third-order valence-electron chi connectivity index (χ3n) is 1.12. The first kappa shape index (κ1) is 7.98. The zero-order valence-electron chi connectivity index (χ0n) is 5.84. The second-order valence-electron chi connectivity index (χ2n) is 2.02. The van der Waals surface area contributed by atoms with Gasteiger partial charge < -0.3 is 4.74 Å². The molecule has 0 N–H and O–H groups in total. The van der Waals surface area contributed by atoms with Gasteiger partial charge in [-0.2, -0.15) is 0 Å². The molecule has 0 unspecified atom stereocenters. The van der Waals surface area contributed by atoms with Crippen molar-refractivity contribution in [1.29, 1.82) is 0 Å². The number of hydrogen-bond donors (Lipinski definition) is 0. The number of hydrogen-bond acceptors (Lipinski definition) is 1. The molecule has 60 valence electrons. The van der Waals surface area contributed by atoms with Crippen LogP contribution in [0.2, 0.25) is 0 Å². The molecule has 1 aromatic rings. The van der Waals surface area contributed by atoms with E-state index in [1.54, 1.807) is 30.3 Å². The number of benzene rings is 1. The Kier molecular flexibility index (Phi) is 2.83. The van der Waals surface area contributed by atoms with Crippen LogP contribution in [0, 0.1) is 0 Å². The van der Waals surface area contributed by atoms with Gasteiger partial charge in [0.2, 0.25) is 0 Å². The third-order valence-corrected chi connectivity index (χ3v) is 1.12. The molecule has 0 saturated carbocycles. The molecule has 1 nitrogen and oxygen atoms in total. The SMILES string of the molecule is FC(F)COc1ccccc1. The fraction of sp³-hybridized carbons (Fsp3) is 0.250. The highest BCUT2D eigenvalue weighted by molar-refractivity contribution is 5.20. The molecule has 0 heterocycles. The summed E-state index contributed by atoms with van der Waals surface area (Å²) in [5.41, 5.74) is 0. The van der Waals surface area contributed by atoms with E-state index in [-0.39, 0.29) is 0 Å². The standard InChI is InChI=1S/C8H8F2O/c9-8(10)6-11-7-4-2-1-3-5-7/h1-5,8H,6H2. The molecule has 0 saturated heterocycles. The number of rotatable bonds is 3. The van der Waals surface area contributed by atoms with E-state index in [9.17, 15) is 8.78 Å². The van der Waals surface area contributed by atoms with Crippen molar-refractivity contribution in [2.45, 2.75) is 6.43 Å². The molecule has 0 aliphatic heterocycles. The molecule has 3 heteroatoms. The van der Waals surface area contributed by atoms with E-state index in [4.69, 9.17) is 4.74 Å². The van der Waals surface area contributed by atoms with Crippen LogP contribution < -0.4 is 4.74 Å². The molecule has 0 radical (unpaired) electrons. The highest BCUT2D eigenvalue weighted by Crippen LogP contribution is 2.09. The molecule has 0 aliphatic carbocycles. The van der Waals surface area contributed by atoms with Crippen molar-refractivity contribution < 1.29 is 13.5 Å². The highest BCUT2D eigenvalue weighted by Gasteiger charge is 2.01. The van der Waals surface area contributed by atoms with Crippen LogP contribution in [0.3, 0.4) is 0 Å². The summed E-state index contributed by atoms with van der Waals surface area (Å²) in [5, 5.41) is 0. The molecule has 0 spiro atoms. The molecule has 11 heavy (non-hydrogen) atoms. The minimum Gasteiger partial charge on any atom is -0.488 e. The quantitative estimate of drug-likeness (QED) is 0.656. The lowest BCUT2D eigenvalue weighted by Crippen LogP contribution is -2.06. The van der Waals surface area contributed by atoms with Gasteiger partial charge >= 0.3 is 0 Å². The largest absolute Gasteiger partial charge is 0.488 e. The topological polar surface area (TPSA) is 9.23 Å². The Hall–Kier alpha value is -1.12. The summed E-state index contributed by atoms with van der Waals surface area (Å²) >= 11 is 0. The maximum absolute atomic E-state index is 11.6. The first-order valence-corrected chi connectivity index (χ1v) is 3.25. The van der Waals surface area contributed by atoms with Gasteiger partial charge in [-0.15, -0.1) is 0 Å². The van der Waals surface area contributed by atoms with Crippen molar-refractivity contribution in [2.24, 2.45) is 0 Å². The van der Waals surface area contributed by atoms with Crippen molar-refractivity contribution in [2.75, 3.05) is 6.61 Å². The van der Waals surface area contributed by atoms with Gasteiger partial charge in [0.1, 0.15) is 12.4 Å². The highest BCUT2D eigenvalue weighted by atomic mass is 19.3. The second kappa shape index (κ2) is 3.91. The summed E-state index contributed by atoms with van der Waals surface area (Å²) in [7, 11) is 0. The van der Waals surface area contributed by atoms with Crippen molar-refractivity contribution in [3.05, 3.63) is 30.3 Å². The van der Waals surface area contributed by atoms with Crippen LogP contribution in [0.5, 0.6) is 5.75 Å². The molecule has 0 fully saturated rings. The van der Waals surface area contributed by atoms with Crippen molar-refractivity contribution in [1.82, 2.24) is 0 Å². The monoisotopic (exact) mass is 158 g/mol. The fourth-order valence-electron chi connectivity index (χ4n) is 0.676. The van der Waals surface area contributed by atoms with E-state index in [1.807, 2.05) is 0 Å². The van der Waals surface area contributed by atoms with Crippen LogP contribution in [-0.2, 0) is 0 Å². The van der Waals surface area contributed by atoms with E-state index >= 15 is 0 Å². The Balaban J connectivity index is 2.39. The maximum Gasteiger partial charge on any atom is 0.272 e. The molecule has 0 amide bonds. The molecule has 0 aromatic heterocycles. The van der Waals surface area contributed by atoms with Gasteiger partial charge in [-0.3, -0.25) is 0 Å². The van der Waals surface area contributed by atoms with Gasteiger partial charge in [-0.05, 0) is 12.1 Å². The fourth-order valence-corrected chi connectivity index (χ4v) is 0.676.